The molecule has 0 aromatic heterocycles. The standard InChI is InChI=1S/C18H26N2O3S/c1-3-23-18(22)16(13-14-7-5-4-6-8-14)20-11-10-19-15(17(20)21)9-12-24-2/h4-8,15-16,19H,3,9-13H2,1-2H3/t15-,16+/m1/s1. The fourth-order valence-electron chi connectivity index (χ4n) is 2.92. The number of nitrogens with zero attached hydrogens (tertiary/aromatic N) is 1. The van der Waals surface area contributed by atoms with E-state index < -0.39 is 6.04 Å². The van der Waals surface area contributed by atoms with Crippen LogP contribution in [0.5, 0.6) is 0 Å². The summed E-state index contributed by atoms with van der Waals surface area (Å²) in [4.78, 5) is 27.0. The lowest BCUT2D eigenvalue weighted by Crippen LogP contribution is -2.60. The first-order valence-electron chi connectivity index (χ1n) is 8.40. The average molecular weight is 350 g/mol. The van der Waals surface area contributed by atoms with Gasteiger partial charge in [-0.05, 0) is 30.9 Å². The van der Waals surface area contributed by atoms with Crippen LogP contribution in [0.15, 0.2) is 30.3 Å². The lowest BCUT2D eigenvalue weighted by Gasteiger charge is -2.37. The maximum Gasteiger partial charge on any atom is 0.329 e. The van der Waals surface area contributed by atoms with Crippen molar-refractivity contribution in [3.05, 3.63) is 35.9 Å². The molecule has 1 N–H and O–H groups in total. The van der Waals surface area contributed by atoms with Gasteiger partial charge >= 0.3 is 5.97 Å². The zero-order valence-corrected chi connectivity index (χ0v) is 15.2. The van der Waals surface area contributed by atoms with E-state index in [1.807, 2.05) is 36.6 Å². The summed E-state index contributed by atoms with van der Waals surface area (Å²) in [6.45, 7) is 3.35. The molecule has 1 aliphatic heterocycles. The van der Waals surface area contributed by atoms with Gasteiger partial charge in [-0.15, -0.1) is 0 Å². The van der Waals surface area contributed by atoms with Crippen LogP contribution in [0.1, 0.15) is 18.9 Å². The number of hydrogen-bond acceptors (Lipinski definition) is 5. The Hall–Kier alpha value is -1.53. The molecule has 1 aromatic carbocycles. The summed E-state index contributed by atoms with van der Waals surface area (Å²) in [7, 11) is 0. The van der Waals surface area contributed by atoms with E-state index in [0.717, 1.165) is 17.7 Å². The fourth-order valence-corrected chi connectivity index (χ4v) is 3.40. The van der Waals surface area contributed by atoms with Gasteiger partial charge < -0.3 is 15.0 Å². The number of rotatable bonds is 8. The highest BCUT2D eigenvalue weighted by Crippen LogP contribution is 2.16. The molecule has 132 valence electrons. The summed E-state index contributed by atoms with van der Waals surface area (Å²) in [6.07, 6.45) is 3.29. The monoisotopic (exact) mass is 350 g/mol. The van der Waals surface area contributed by atoms with Crippen LogP contribution in [0.25, 0.3) is 0 Å². The Morgan fingerprint density at radius 1 is 1.42 bits per heavy atom. The van der Waals surface area contributed by atoms with Crippen LogP contribution >= 0.6 is 11.8 Å². The number of benzene rings is 1. The summed E-state index contributed by atoms with van der Waals surface area (Å²) in [6, 6.07) is 9.01. The molecule has 1 amide bonds. The molecule has 2 rings (SSSR count). The summed E-state index contributed by atoms with van der Waals surface area (Å²) in [5.74, 6) is 0.601. The number of nitrogens with one attached hydrogen (secondary N) is 1. The molecular formula is C18H26N2O3S. The van der Waals surface area contributed by atoms with Crippen molar-refractivity contribution < 1.29 is 14.3 Å². The van der Waals surface area contributed by atoms with Crippen molar-refractivity contribution >= 4 is 23.6 Å². The first-order chi connectivity index (χ1) is 11.7. The van der Waals surface area contributed by atoms with Crippen molar-refractivity contribution in [3.63, 3.8) is 0 Å². The first-order valence-corrected chi connectivity index (χ1v) is 9.80. The van der Waals surface area contributed by atoms with Gasteiger partial charge in [-0.25, -0.2) is 4.79 Å². The second-order valence-corrected chi connectivity index (χ2v) is 6.76. The second-order valence-electron chi connectivity index (χ2n) is 5.78. The molecule has 0 saturated carbocycles. The van der Waals surface area contributed by atoms with Crippen LogP contribution < -0.4 is 5.32 Å². The molecule has 6 heteroatoms. The summed E-state index contributed by atoms with van der Waals surface area (Å²) in [5, 5.41) is 3.27. The van der Waals surface area contributed by atoms with Gasteiger partial charge in [-0.1, -0.05) is 30.3 Å². The maximum atomic E-state index is 12.8. The van der Waals surface area contributed by atoms with Crippen molar-refractivity contribution in [1.29, 1.82) is 0 Å². The van der Waals surface area contributed by atoms with Crippen molar-refractivity contribution in [1.82, 2.24) is 10.2 Å². The minimum Gasteiger partial charge on any atom is -0.464 e. The molecule has 1 aliphatic rings. The summed E-state index contributed by atoms with van der Waals surface area (Å²) >= 11 is 1.72. The molecule has 1 heterocycles. The molecule has 1 fully saturated rings. The quantitative estimate of drug-likeness (QED) is 0.724. The second kappa shape index (κ2) is 9.69. The summed E-state index contributed by atoms with van der Waals surface area (Å²) < 4.78 is 5.24. The number of hydrogen-bond donors (Lipinski definition) is 1. The largest absolute Gasteiger partial charge is 0.464 e. The van der Waals surface area contributed by atoms with E-state index in [9.17, 15) is 9.59 Å². The molecule has 2 atom stereocenters. The number of thioether (sulfide) groups is 1. The molecule has 1 aromatic rings. The number of carbonyl (C=O) groups is 2. The number of amides is 1. The third kappa shape index (κ3) is 4.98. The molecule has 0 spiro atoms. The highest BCUT2D eigenvalue weighted by molar-refractivity contribution is 7.98. The molecule has 24 heavy (non-hydrogen) atoms. The molecule has 0 unspecified atom stereocenters. The van der Waals surface area contributed by atoms with E-state index in [2.05, 4.69) is 5.32 Å². The first kappa shape index (κ1) is 18.8. The minimum absolute atomic E-state index is 0.00397. The zero-order chi connectivity index (χ0) is 17.4. The number of esters is 1. The van der Waals surface area contributed by atoms with E-state index in [1.165, 1.54) is 0 Å². The Labute approximate surface area is 148 Å². The van der Waals surface area contributed by atoms with E-state index in [-0.39, 0.29) is 17.9 Å². The topological polar surface area (TPSA) is 58.6 Å². The van der Waals surface area contributed by atoms with E-state index in [0.29, 0.717) is 26.1 Å². The van der Waals surface area contributed by atoms with Gasteiger partial charge in [0.05, 0.1) is 12.6 Å². The predicted molar refractivity (Wildman–Crippen MR) is 97.1 cm³/mol. The molecular weight excluding hydrogens is 324 g/mol. The smallest absolute Gasteiger partial charge is 0.329 e. The van der Waals surface area contributed by atoms with E-state index in [1.54, 1.807) is 23.6 Å². The van der Waals surface area contributed by atoms with Gasteiger partial charge in [0.25, 0.3) is 0 Å². The van der Waals surface area contributed by atoms with Gasteiger partial charge in [0.15, 0.2) is 0 Å². The van der Waals surface area contributed by atoms with Crippen LogP contribution in [0.3, 0.4) is 0 Å². The van der Waals surface area contributed by atoms with Crippen molar-refractivity contribution in [2.75, 3.05) is 31.7 Å². The van der Waals surface area contributed by atoms with Gasteiger partial charge in [-0.3, -0.25) is 4.79 Å². The van der Waals surface area contributed by atoms with Crippen LogP contribution in [-0.4, -0.2) is 60.6 Å². The van der Waals surface area contributed by atoms with Crippen LogP contribution in [0.2, 0.25) is 0 Å². The lowest BCUT2D eigenvalue weighted by molar-refractivity contribution is -0.156. The third-order valence-corrected chi connectivity index (χ3v) is 4.79. The normalized spacial score (nSPS) is 19.2. The van der Waals surface area contributed by atoms with Gasteiger partial charge in [-0.2, -0.15) is 11.8 Å². The molecule has 0 bridgehead atoms. The highest BCUT2D eigenvalue weighted by Gasteiger charge is 2.36. The number of carbonyl (C=O) groups excluding carboxylic acids is 2. The Bertz CT molecular complexity index is 538. The lowest BCUT2D eigenvalue weighted by atomic mass is 10.0. The molecule has 1 saturated heterocycles. The minimum atomic E-state index is -0.557. The van der Waals surface area contributed by atoms with Gasteiger partial charge in [0, 0.05) is 19.5 Å². The SMILES string of the molecule is CCOC(=O)[C@H](Cc1ccccc1)N1CCN[C@H](CCSC)C1=O. The molecule has 5 nitrogen and oxygen atoms in total. The third-order valence-electron chi connectivity index (χ3n) is 4.14. The average Bonchev–Trinajstić information content (AvgIpc) is 2.60. The van der Waals surface area contributed by atoms with Crippen molar-refractivity contribution in [3.8, 4) is 0 Å². The predicted octanol–water partition coefficient (Wildman–Crippen LogP) is 1.71. The molecule has 0 aliphatic carbocycles. The fraction of sp³-hybridized carbons (Fsp3) is 0.556. The Morgan fingerprint density at radius 3 is 2.83 bits per heavy atom. The number of piperazine rings is 1. The molecule has 0 radical (unpaired) electrons. The Kier molecular flexibility index (Phi) is 7.59. The Balaban J connectivity index is 2.15. The van der Waals surface area contributed by atoms with Crippen LogP contribution in [-0.2, 0) is 20.7 Å². The zero-order valence-electron chi connectivity index (χ0n) is 14.4. The highest BCUT2D eigenvalue weighted by atomic mass is 32.2. The summed E-state index contributed by atoms with van der Waals surface area (Å²) in [5.41, 5.74) is 1.03. The maximum absolute atomic E-state index is 12.8. The van der Waals surface area contributed by atoms with Crippen molar-refractivity contribution in [2.24, 2.45) is 0 Å². The van der Waals surface area contributed by atoms with Crippen LogP contribution in [0, 0.1) is 0 Å². The van der Waals surface area contributed by atoms with E-state index >= 15 is 0 Å². The van der Waals surface area contributed by atoms with E-state index in [4.69, 9.17) is 4.74 Å². The Morgan fingerprint density at radius 2 is 2.17 bits per heavy atom. The number of ether oxygens (including phenoxy) is 1. The van der Waals surface area contributed by atoms with Crippen molar-refractivity contribution in [2.45, 2.75) is 31.8 Å². The van der Waals surface area contributed by atoms with Gasteiger partial charge in [0.1, 0.15) is 6.04 Å². The van der Waals surface area contributed by atoms with Gasteiger partial charge in [0.2, 0.25) is 5.91 Å². The van der Waals surface area contributed by atoms with Crippen LogP contribution in [0.4, 0.5) is 0 Å².